The molecule has 0 saturated carbocycles. The predicted molar refractivity (Wildman–Crippen MR) is 229 cm³/mol. The van der Waals surface area contributed by atoms with E-state index < -0.39 is 6.10 Å². The van der Waals surface area contributed by atoms with Crippen LogP contribution in [0.25, 0.3) is 0 Å². The van der Waals surface area contributed by atoms with Crippen LogP contribution < -0.4 is 0 Å². The van der Waals surface area contributed by atoms with Gasteiger partial charge in [-0.25, -0.2) is 0 Å². The van der Waals surface area contributed by atoms with E-state index in [-0.39, 0.29) is 31.1 Å². The minimum absolute atomic E-state index is 0.0648. The first-order valence-corrected chi connectivity index (χ1v) is 23.8. The highest BCUT2D eigenvalue weighted by atomic mass is 16.6. The summed E-state index contributed by atoms with van der Waals surface area (Å²) >= 11 is 0. The van der Waals surface area contributed by atoms with Gasteiger partial charge in [-0.05, 0) is 31.1 Å². The number of ether oxygens (including phenoxy) is 3. The molecule has 0 fully saturated rings. The Morgan fingerprint density at radius 2 is 0.704 bits per heavy atom. The van der Waals surface area contributed by atoms with Crippen molar-refractivity contribution in [3.63, 3.8) is 0 Å². The van der Waals surface area contributed by atoms with Crippen molar-refractivity contribution in [1.82, 2.24) is 0 Å². The SMILES string of the molecule is CCCCCCCCCCCCC(=O)OC[C@H](COC(=O)CCCCCCCCCCCC(C)C)OC(=O)CCCCCCCCCCCCC(C)CC. The van der Waals surface area contributed by atoms with Gasteiger partial charge >= 0.3 is 17.9 Å². The molecule has 0 aliphatic rings. The van der Waals surface area contributed by atoms with Crippen LogP contribution in [0.1, 0.15) is 259 Å². The summed E-state index contributed by atoms with van der Waals surface area (Å²) in [5.41, 5.74) is 0. The van der Waals surface area contributed by atoms with E-state index in [2.05, 4.69) is 34.6 Å². The van der Waals surface area contributed by atoms with Gasteiger partial charge in [-0.1, -0.05) is 221 Å². The maximum Gasteiger partial charge on any atom is 0.306 e. The summed E-state index contributed by atoms with van der Waals surface area (Å²) in [7, 11) is 0. The maximum atomic E-state index is 12.7. The van der Waals surface area contributed by atoms with Crippen LogP contribution >= 0.6 is 0 Å². The summed E-state index contributed by atoms with van der Waals surface area (Å²) in [5, 5.41) is 0. The highest BCUT2D eigenvalue weighted by molar-refractivity contribution is 5.71. The van der Waals surface area contributed by atoms with Crippen LogP contribution in [0.2, 0.25) is 0 Å². The molecule has 0 aliphatic carbocycles. The molecule has 0 spiro atoms. The second-order valence-corrected chi connectivity index (χ2v) is 17.1. The van der Waals surface area contributed by atoms with Gasteiger partial charge in [-0.2, -0.15) is 0 Å². The second-order valence-electron chi connectivity index (χ2n) is 17.1. The molecular formula is C48H92O6. The monoisotopic (exact) mass is 765 g/mol. The minimum atomic E-state index is -0.760. The molecule has 0 radical (unpaired) electrons. The molecule has 0 aromatic carbocycles. The van der Waals surface area contributed by atoms with E-state index >= 15 is 0 Å². The van der Waals surface area contributed by atoms with Crippen molar-refractivity contribution in [2.45, 2.75) is 265 Å². The van der Waals surface area contributed by atoms with Gasteiger partial charge in [0.05, 0.1) is 0 Å². The third kappa shape index (κ3) is 40.1. The van der Waals surface area contributed by atoms with E-state index in [0.717, 1.165) is 69.6 Å². The number of rotatable bonds is 42. The summed E-state index contributed by atoms with van der Waals surface area (Å²) in [6.07, 6.45) is 39.4. The average molecular weight is 765 g/mol. The van der Waals surface area contributed by atoms with Crippen LogP contribution in [0, 0.1) is 11.8 Å². The Morgan fingerprint density at radius 1 is 0.389 bits per heavy atom. The first kappa shape index (κ1) is 52.4. The number of hydrogen-bond acceptors (Lipinski definition) is 6. The highest BCUT2D eigenvalue weighted by Gasteiger charge is 2.19. The molecular weight excluding hydrogens is 673 g/mol. The van der Waals surface area contributed by atoms with E-state index in [1.165, 1.54) is 148 Å². The zero-order valence-electron chi connectivity index (χ0n) is 36.8. The minimum Gasteiger partial charge on any atom is -0.462 e. The van der Waals surface area contributed by atoms with E-state index in [1.54, 1.807) is 0 Å². The zero-order valence-corrected chi connectivity index (χ0v) is 36.8. The van der Waals surface area contributed by atoms with Crippen LogP contribution in [0.4, 0.5) is 0 Å². The summed E-state index contributed by atoms with van der Waals surface area (Å²) < 4.78 is 16.7. The Kier molecular flexibility index (Phi) is 39.8. The number of unbranched alkanes of at least 4 members (excludes halogenated alkanes) is 26. The van der Waals surface area contributed by atoms with Crippen molar-refractivity contribution in [2.24, 2.45) is 11.8 Å². The summed E-state index contributed by atoms with van der Waals surface area (Å²) in [4.78, 5) is 37.7. The first-order valence-electron chi connectivity index (χ1n) is 23.8. The van der Waals surface area contributed by atoms with Crippen LogP contribution in [0.15, 0.2) is 0 Å². The summed E-state index contributed by atoms with van der Waals surface area (Å²) in [6, 6.07) is 0. The Balaban J connectivity index is 4.33. The molecule has 0 N–H and O–H groups in total. The third-order valence-electron chi connectivity index (χ3n) is 11.1. The molecule has 0 rings (SSSR count). The van der Waals surface area contributed by atoms with Crippen LogP contribution in [-0.4, -0.2) is 37.2 Å². The molecule has 54 heavy (non-hydrogen) atoms. The van der Waals surface area contributed by atoms with E-state index in [9.17, 15) is 14.4 Å². The molecule has 0 amide bonds. The standard InChI is InChI=1S/C48H92O6/c1-6-8-9-10-11-12-18-23-28-33-38-46(49)52-41-45(42-53-47(50)39-34-29-24-20-15-16-21-26-31-36-43(3)4)54-48(51)40-35-30-25-19-14-13-17-22-27-32-37-44(5)7-2/h43-45H,6-42H2,1-5H3/t44?,45-/m1/s1. The van der Waals surface area contributed by atoms with Gasteiger partial charge in [-0.15, -0.1) is 0 Å². The third-order valence-corrected chi connectivity index (χ3v) is 11.1. The van der Waals surface area contributed by atoms with Gasteiger partial charge in [0, 0.05) is 19.3 Å². The van der Waals surface area contributed by atoms with E-state index in [0.29, 0.717) is 19.3 Å². The normalized spacial score (nSPS) is 12.6. The molecule has 0 aromatic rings. The quantitative estimate of drug-likeness (QED) is 0.0350. The Bertz CT molecular complexity index is 826. The molecule has 1 unspecified atom stereocenters. The molecule has 6 heteroatoms. The second kappa shape index (κ2) is 41.1. The van der Waals surface area contributed by atoms with Crippen molar-refractivity contribution in [1.29, 1.82) is 0 Å². The zero-order chi connectivity index (χ0) is 39.7. The van der Waals surface area contributed by atoms with Gasteiger partial charge in [-0.3, -0.25) is 14.4 Å². The van der Waals surface area contributed by atoms with Gasteiger partial charge in [0.2, 0.25) is 0 Å². The molecule has 0 bridgehead atoms. The van der Waals surface area contributed by atoms with Crippen molar-refractivity contribution >= 4 is 17.9 Å². The summed E-state index contributed by atoms with van der Waals surface area (Å²) in [6.45, 7) is 11.3. The Labute approximate surface area is 336 Å². The lowest BCUT2D eigenvalue weighted by Crippen LogP contribution is -2.30. The van der Waals surface area contributed by atoms with Crippen molar-refractivity contribution < 1.29 is 28.6 Å². The van der Waals surface area contributed by atoms with Crippen molar-refractivity contribution in [3.05, 3.63) is 0 Å². The highest BCUT2D eigenvalue weighted by Crippen LogP contribution is 2.17. The van der Waals surface area contributed by atoms with Crippen molar-refractivity contribution in [3.8, 4) is 0 Å². The summed E-state index contributed by atoms with van der Waals surface area (Å²) in [5.74, 6) is 0.819. The van der Waals surface area contributed by atoms with Crippen LogP contribution in [-0.2, 0) is 28.6 Å². The number of carbonyl (C=O) groups excluding carboxylic acids is 3. The molecule has 0 heterocycles. The lowest BCUT2D eigenvalue weighted by Gasteiger charge is -2.18. The number of esters is 3. The molecule has 6 nitrogen and oxygen atoms in total. The van der Waals surface area contributed by atoms with Gasteiger partial charge < -0.3 is 14.2 Å². The predicted octanol–water partition coefficient (Wildman–Crippen LogP) is 15.0. The maximum absolute atomic E-state index is 12.7. The average Bonchev–Trinajstić information content (AvgIpc) is 3.15. The molecule has 0 saturated heterocycles. The lowest BCUT2D eigenvalue weighted by atomic mass is 9.99. The number of carbonyl (C=O) groups is 3. The van der Waals surface area contributed by atoms with Gasteiger partial charge in [0.25, 0.3) is 0 Å². The smallest absolute Gasteiger partial charge is 0.306 e. The van der Waals surface area contributed by atoms with Gasteiger partial charge in [0.15, 0.2) is 6.10 Å². The first-order chi connectivity index (χ1) is 26.3. The van der Waals surface area contributed by atoms with Crippen LogP contribution in [0.3, 0.4) is 0 Å². The van der Waals surface area contributed by atoms with E-state index in [1.807, 2.05) is 0 Å². The van der Waals surface area contributed by atoms with Crippen molar-refractivity contribution in [2.75, 3.05) is 13.2 Å². The Morgan fingerprint density at radius 3 is 1.06 bits per heavy atom. The fourth-order valence-corrected chi connectivity index (χ4v) is 7.07. The fraction of sp³-hybridized carbons (Fsp3) is 0.938. The Hall–Kier alpha value is -1.59. The van der Waals surface area contributed by atoms with Crippen LogP contribution in [0.5, 0.6) is 0 Å². The fourth-order valence-electron chi connectivity index (χ4n) is 7.07. The lowest BCUT2D eigenvalue weighted by molar-refractivity contribution is -0.167. The topological polar surface area (TPSA) is 78.9 Å². The largest absolute Gasteiger partial charge is 0.462 e. The van der Waals surface area contributed by atoms with E-state index in [4.69, 9.17) is 14.2 Å². The van der Waals surface area contributed by atoms with Gasteiger partial charge in [0.1, 0.15) is 13.2 Å². The number of hydrogen-bond donors (Lipinski definition) is 0. The molecule has 0 aliphatic heterocycles. The molecule has 2 atom stereocenters. The molecule has 0 aromatic heterocycles. The molecule has 320 valence electrons.